The van der Waals surface area contributed by atoms with Crippen LogP contribution in [-0.2, 0) is 13.1 Å². The molecule has 0 fully saturated rings. The molecule has 1 heterocycles. The fraction of sp³-hybridized carbons (Fsp3) is 0.538. The first-order chi connectivity index (χ1) is 7.69. The number of nitrogens with zero attached hydrogens (tertiary/aromatic N) is 2. The number of anilines is 1. The van der Waals surface area contributed by atoms with Gasteiger partial charge in [-0.1, -0.05) is 13.0 Å². The number of hydrogen-bond donors (Lipinski definition) is 1. The first kappa shape index (κ1) is 11.4. The molecule has 0 radical (unpaired) electrons. The van der Waals surface area contributed by atoms with Crippen molar-refractivity contribution in [3.8, 4) is 0 Å². The third-order valence-corrected chi connectivity index (χ3v) is 3.36. The van der Waals surface area contributed by atoms with Gasteiger partial charge in [0, 0.05) is 31.9 Å². The van der Waals surface area contributed by atoms with E-state index in [0.29, 0.717) is 0 Å². The van der Waals surface area contributed by atoms with Gasteiger partial charge >= 0.3 is 0 Å². The van der Waals surface area contributed by atoms with E-state index < -0.39 is 0 Å². The molecule has 0 aliphatic carbocycles. The molecule has 0 amide bonds. The lowest BCUT2D eigenvalue weighted by Gasteiger charge is -2.19. The zero-order valence-corrected chi connectivity index (χ0v) is 10.2. The summed E-state index contributed by atoms with van der Waals surface area (Å²) in [6, 6.07) is 6.27. The van der Waals surface area contributed by atoms with E-state index in [1.165, 1.54) is 11.1 Å². The molecule has 0 spiro atoms. The topological polar surface area (TPSA) is 32.5 Å². The maximum Gasteiger partial charge on any atom is 0.0317 e. The molecule has 3 heteroatoms. The van der Waals surface area contributed by atoms with Crippen LogP contribution in [0.3, 0.4) is 0 Å². The number of fused-ring (bicyclic) bond motifs is 1. The Morgan fingerprint density at radius 3 is 2.81 bits per heavy atom. The molecule has 2 rings (SSSR count). The van der Waals surface area contributed by atoms with Gasteiger partial charge in [-0.25, -0.2) is 0 Å². The van der Waals surface area contributed by atoms with Crippen molar-refractivity contribution in [3.63, 3.8) is 0 Å². The number of nitrogens with two attached hydrogens (primary N) is 1. The molecule has 2 N–H and O–H groups in total. The lowest BCUT2D eigenvalue weighted by Crippen LogP contribution is -2.29. The Hall–Kier alpha value is -1.06. The van der Waals surface area contributed by atoms with Gasteiger partial charge in [-0.2, -0.15) is 0 Å². The normalized spacial score (nSPS) is 15.7. The number of likely N-dealkylation sites (N-methyl/N-ethyl adjacent to an activating group) is 1. The van der Waals surface area contributed by atoms with Gasteiger partial charge in [0.2, 0.25) is 0 Å². The Kier molecular flexibility index (Phi) is 3.46. The Morgan fingerprint density at radius 1 is 1.31 bits per heavy atom. The summed E-state index contributed by atoms with van der Waals surface area (Å²) in [6.45, 7) is 7.72. The SMILES string of the molecule is CCN(C)CCN1Cc2ccc(N)cc2C1. The second kappa shape index (κ2) is 4.85. The molecule has 0 saturated carbocycles. The van der Waals surface area contributed by atoms with Gasteiger partial charge in [0.05, 0.1) is 0 Å². The van der Waals surface area contributed by atoms with Crippen LogP contribution in [0.2, 0.25) is 0 Å². The zero-order valence-electron chi connectivity index (χ0n) is 10.2. The Labute approximate surface area is 97.8 Å². The van der Waals surface area contributed by atoms with Crippen molar-refractivity contribution in [2.75, 3.05) is 32.4 Å². The summed E-state index contributed by atoms with van der Waals surface area (Å²) in [7, 11) is 2.17. The van der Waals surface area contributed by atoms with Crippen molar-refractivity contribution in [3.05, 3.63) is 29.3 Å². The van der Waals surface area contributed by atoms with Gasteiger partial charge in [0.15, 0.2) is 0 Å². The molecule has 1 aliphatic heterocycles. The summed E-state index contributed by atoms with van der Waals surface area (Å²) >= 11 is 0. The van der Waals surface area contributed by atoms with Gasteiger partial charge in [-0.15, -0.1) is 0 Å². The minimum atomic E-state index is 0.881. The summed E-state index contributed by atoms with van der Waals surface area (Å²) in [5, 5.41) is 0. The molecule has 0 bridgehead atoms. The van der Waals surface area contributed by atoms with Gasteiger partial charge in [-0.3, -0.25) is 4.90 Å². The zero-order chi connectivity index (χ0) is 11.5. The molecule has 1 aliphatic rings. The molecular weight excluding hydrogens is 198 g/mol. The number of nitrogen functional groups attached to an aromatic ring is 1. The summed E-state index contributed by atoms with van der Waals surface area (Å²) in [6.07, 6.45) is 0. The van der Waals surface area contributed by atoms with Crippen LogP contribution >= 0.6 is 0 Å². The monoisotopic (exact) mass is 219 g/mol. The summed E-state index contributed by atoms with van der Waals surface area (Å²) in [5.74, 6) is 0. The average molecular weight is 219 g/mol. The quantitative estimate of drug-likeness (QED) is 0.780. The average Bonchev–Trinajstić information content (AvgIpc) is 2.67. The molecule has 1 aromatic carbocycles. The Bertz CT molecular complexity index is 362. The van der Waals surface area contributed by atoms with E-state index in [0.717, 1.165) is 38.4 Å². The maximum atomic E-state index is 5.79. The molecule has 3 nitrogen and oxygen atoms in total. The van der Waals surface area contributed by atoms with Crippen LogP contribution in [0.15, 0.2) is 18.2 Å². The maximum absolute atomic E-state index is 5.79. The highest BCUT2D eigenvalue weighted by molar-refractivity contribution is 5.46. The highest BCUT2D eigenvalue weighted by Crippen LogP contribution is 2.24. The fourth-order valence-electron chi connectivity index (χ4n) is 2.11. The van der Waals surface area contributed by atoms with Crippen molar-refractivity contribution in [1.82, 2.24) is 9.80 Å². The minimum absolute atomic E-state index is 0.881. The minimum Gasteiger partial charge on any atom is -0.399 e. The van der Waals surface area contributed by atoms with E-state index in [9.17, 15) is 0 Å². The number of hydrogen-bond acceptors (Lipinski definition) is 3. The molecule has 0 saturated heterocycles. The third kappa shape index (κ3) is 2.54. The lowest BCUT2D eigenvalue weighted by molar-refractivity contribution is 0.233. The molecule has 0 atom stereocenters. The van der Waals surface area contributed by atoms with E-state index in [1.807, 2.05) is 6.07 Å². The second-order valence-electron chi connectivity index (χ2n) is 4.63. The Balaban J connectivity index is 1.90. The standard InChI is InChI=1S/C13H21N3/c1-3-15(2)6-7-16-9-11-4-5-13(14)8-12(11)10-16/h4-5,8H,3,6-7,9-10,14H2,1-2H3. The summed E-state index contributed by atoms with van der Waals surface area (Å²) in [5.41, 5.74) is 9.51. The van der Waals surface area contributed by atoms with E-state index in [4.69, 9.17) is 5.73 Å². The Morgan fingerprint density at radius 2 is 2.06 bits per heavy atom. The van der Waals surface area contributed by atoms with E-state index in [1.54, 1.807) is 0 Å². The second-order valence-corrected chi connectivity index (χ2v) is 4.63. The number of rotatable bonds is 4. The predicted molar refractivity (Wildman–Crippen MR) is 68.1 cm³/mol. The highest BCUT2D eigenvalue weighted by atomic mass is 15.2. The van der Waals surface area contributed by atoms with E-state index in [2.05, 4.69) is 35.9 Å². The largest absolute Gasteiger partial charge is 0.399 e. The van der Waals surface area contributed by atoms with Crippen LogP contribution in [0.5, 0.6) is 0 Å². The lowest BCUT2D eigenvalue weighted by atomic mass is 10.1. The first-order valence-corrected chi connectivity index (χ1v) is 5.97. The number of benzene rings is 1. The van der Waals surface area contributed by atoms with Crippen LogP contribution in [0, 0.1) is 0 Å². The first-order valence-electron chi connectivity index (χ1n) is 5.97. The van der Waals surface area contributed by atoms with Gasteiger partial charge in [-0.05, 0) is 36.9 Å². The molecule has 88 valence electrons. The van der Waals surface area contributed by atoms with Gasteiger partial charge in [0.1, 0.15) is 0 Å². The van der Waals surface area contributed by atoms with Crippen molar-refractivity contribution >= 4 is 5.69 Å². The predicted octanol–water partition coefficient (Wildman–Crippen LogP) is 1.54. The molecular formula is C13H21N3. The van der Waals surface area contributed by atoms with Gasteiger partial charge in [0.25, 0.3) is 0 Å². The van der Waals surface area contributed by atoms with Crippen LogP contribution in [-0.4, -0.2) is 36.5 Å². The molecule has 16 heavy (non-hydrogen) atoms. The van der Waals surface area contributed by atoms with Crippen LogP contribution in [0.25, 0.3) is 0 Å². The molecule has 1 aromatic rings. The van der Waals surface area contributed by atoms with Gasteiger partial charge < -0.3 is 10.6 Å². The van der Waals surface area contributed by atoms with E-state index in [-0.39, 0.29) is 0 Å². The van der Waals surface area contributed by atoms with Crippen molar-refractivity contribution in [2.24, 2.45) is 0 Å². The fourth-order valence-corrected chi connectivity index (χ4v) is 2.11. The van der Waals surface area contributed by atoms with Crippen molar-refractivity contribution < 1.29 is 0 Å². The highest BCUT2D eigenvalue weighted by Gasteiger charge is 2.18. The third-order valence-electron chi connectivity index (χ3n) is 3.36. The van der Waals surface area contributed by atoms with Crippen molar-refractivity contribution in [2.45, 2.75) is 20.0 Å². The van der Waals surface area contributed by atoms with E-state index >= 15 is 0 Å². The summed E-state index contributed by atoms with van der Waals surface area (Å²) in [4.78, 5) is 4.83. The van der Waals surface area contributed by atoms with Crippen molar-refractivity contribution in [1.29, 1.82) is 0 Å². The summed E-state index contributed by atoms with van der Waals surface area (Å²) < 4.78 is 0. The van der Waals surface area contributed by atoms with Crippen LogP contribution in [0.4, 0.5) is 5.69 Å². The smallest absolute Gasteiger partial charge is 0.0317 e. The molecule has 0 aromatic heterocycles. The van der Waals surface area contributed by atoms with Crippen LogP contribution < -0.4 is 5.73 Å². The van der Waals surface area contributed by atoms with Crippen LogP contribution in [0.1, 0.15) is 18.1 Å². The molecule has 0 unspecified atom stereocenters.